The van der Waals surface area contributed by atoms with Gasteiger partial charge in [-0.05, 0) is 55.3 Å². The summed E-state index contributed by atoms with van der Waals surface area (Å²) >= 11 is 0. The first kappa shape index (κ1) is 25.8. The van der Waals surface area contributed by atoms with Gasteiger partial charge in [0.15, 0.2) is 0 Å². The van der Waals surface area contributed by atoms with Gasteiger partial charge in [-0.2, -0.15) is 0 Å². The SMILES string of the molecule is CCOC(=O)C1=C(C)N(Cc2ccc(C(=O)NCc3ccccn3)cc2)C(=O)CC1c1ccccc1F. The summed E-state index contributed by atoms with van der Waals surface area (Å²) in [5, 5.41) is 2.83. The second-order valence-electron chi connectivity index (χ2n) is 8.68. The molecule has 7 nitrogen and oxygen atoms in total. The first-order valence-corrected chi connectivity index (χ1v) is 12.1. The van der Waals surface area contributed by atoms with Gasteiger partial charge in [0.25, 0.3) is 5.91 Å². The van der Waals surface area contributed by atoms with Gasteiger partial charge in [0, 0.05) is 29.8 Å². The molecule has 1 aliphatic heterocycles. The van der Waals surface area contributed by atoms with Gasteiger partial charge in [0.05, 0.1) is 31.0 Å². The topological polar surface area (TPSA) is 88.6 Å². The molecule has 0 bridgehead atoms. The van der Waals surface area contributed by atoms with E-state index in [4.69, 9.17) is 4.74 Å². The van der Waals surface area contributed by atoms with Crippen molar-refractivity contribution in [3.8, 4) is 0 Å². The lowest BCUT2D eigenvalue weighted by molar-refractivity contribution is -0.140. The van der Waals surface area contributed by atoms with Gasteiger partial charge in [0.2, 0.25) is 5.91 Å². The van der Waals surface area contributed by atoms with Crippen LogP contribution < -0.4 is 5.32 Å². The van der Waals surface area contributed by atoms with Gasteiger partial charge < -0.3 is 15.0 Å². The molecule has 0 saturated carbocycles. The monoisotopic (exact) mass is 501 g/mol. The van der Waals surface area contributed by atoms with E-state index in [0.717, 1.165) is 11.3 Å². The van der Waals surface area contributed by atoms with Crippen LogP contribution >= 0.6 is 0 Å². The highest BCUT2D eigenvalue weighted by molar-refractivity contribution is 5.96. The molecular weight excluding hydrogens is 473 g/mol. The van der Waals surface area contributed by atoms with Crippen LogP contribution in [-0.2, 0) is 27.4 Å². The average Bonchev–Trinajstić information content (AvgIpc) is 2.90. The van der Waals surface area contributed by atoms with Gasteiger partial charge in [-0.25, -0.2) is 9.18 Å². The van der Waals surface area contributed by atoms with Crippen LogP contribution in [0.2, 0.25) is 0 Å². The molecule has 0 radical (unpaired) electrons. The summed E-state index contributed by atoms with van der Waals surface area (Å²) in [6, 6.07) is 18.6. The molecule has 0 fully saturated rings. The van der Waals surface area contributed by atoms with Crippen molar-refractivity contribution in [3.63, 3.8) is 0 Å². The second-order valence-corrected chi connectivity index (χ2v) is 8.68. The molecule has 8 heteroatoms. The quantitative estimate of drug-likeness (QED) is 0.459. The fourth-order valence-corrected chi connectivity index (χ4v) is 4.42. The molecule has 1 atom stereocenters. The van der Waals surface area contributed by atoms with E-state index in [1.54, 1.807) is 62.5 Å². The van der Waals surface area contributed by atoms with Crippen LogP contribution in [0.3, 0.4) is 0 Å². The number of nitrogens with zero attached hydrogens (tertiary/aromatic N) is 2. The highest BCUT2D eigenvalue weighted by Gasteiger charge is 2.37. The number of halogens is 1. The number of amides is 2. The summed E-state index contributed by atoms with van der Waals surface area (Å²) < 4.78 is 19.9. The second kappa shape index (κ2) is 11.6. The minimum absolute atomic E-state index is 0.0551. The van der Waals surface area contributed by atoms with Crippen molar-refractivity contribution in [2.45, 2.75) is 39.3 Å². The van der Waals surface area contributed by atoms with E-state index in [0.29, 0.717) is 23.4 Å². The largest absolute Gasteiger partial charge is 0.463 e. The summed E-state index contributed by atoms with van der Waals surface area (Å²) in [7, 11) is 0. The first-order chi connectivity index (χ1) is 17.9. The highest BCUT2D eigenvalue weighted by atomic mass is 19.1. The number of ether oxygens (including phenoxy) is 1. The van der Waals surface area contributed by atoms with Gasteiger partial charge in [-0.3, -0.25) is 14.6 Å². The summed E-state index contributed by atoms with van der Waals surface area (Å²) in [5.74, 6) is -2.23. The predicted octanol–water partition coefficient (Wildman–Crippen LogP) is 4.50. The lowest BCUT2D eigenvalue weighted by atomic mass is 9.83. The van der Waals surface area contributed by atoms with Crippen molar-refractivity contribution in [2.75, 3.05) is 6.61 Å². The Morgan fingerprint density at radius 3 is 2.49 bits per heavy atom. The van der Waals surface area contributed by atoms with Crippen LogP contribution in [0, 0.1) is 5.82 Å². The fraction of sp³-hybridized carbons (Fsp3) is 0.241. The number of esters is 1. The van der Waals surface area contributed by atoms with Gasteiger partial charge in [0.1, 0.15) is 5.82 Å². The molecule has 2 amide bonds. The summed E-state index contributed by atoms with van der Waals surface area (Å²) in [5.41, 5.74) is 3.01. The highest BCUT2D eigenvalue weighted by Crippen LogP contribution is 2.38. The van der Waals surface area contributed by atoms with E-state index in [9.17, 15) is 18.8 Å². The molecule has 1 N–H and O–H groups in total. The number of hydrogen-bond donors (Lipinski definition) is 1. The van der Waals surface area contributed by atoms with Gasteiger partial charge >= 0.3 is 5.97 Å². The predicted molar refractivity (Wildman–Crippen MR) is 135 cm³/mol. The molecule has 37 heavy (non-hydrogen) atoms. The van der Waals surface area contributed by atoms with Gasteiger partial charge in [-0.15, -0.1) is 0 Å². The average molecular weight is 502 g/mol. The standard InChI is InChI=1S/C29H28FN3O4/c1-3-37-29(36)27-19(2)33(26(34)16-24(27)23-9-4-5-10-25(23)30)18-20-11-13-21(14-12-20)28(35)32-17-22-8-6-7-15-31-22/h4-15,24H,3,16-18H2,1-2H3,(H,32,35). The maximum atomic E-state index is 14.6. The van der Waals surface area contributed by atoms with Crippen molar-refractivity contribution in [3.05, 3.63) is 112 Å². The Hall–Kier alpha value is -4.33. The Labute approximate surface area is 215 Å². The number of rotatable bonds is 8. The lowest BCUT2D eigenvalue weighted by Crippen LogP contribution is -2.38. The van der Waals surface area contributed by atoms with E-state index in [2.05, 4.69) is 10.3 Å². The maximum Gasteiger partial charge on any atom is 0.336 e. The van der Waals surface area contributed by atoms with Crippen molar-refractivity contribution < 1.29 is 23.5 Å². The Morgan fingerprint density at radius 2 is 1.81 bits per heavy atom. The van der Waals surface area contributed by atoms with Crippen LogP contribution in [0.4, 0.5) is 4.39 Å². The molecule has 2 heterocycles. The van der Waals surface area contributed by atoms with E-state index < -0.39 is 17.7 Å². The van der Waals surface area contributed by atoms with Crippen molar-refractivity contribution in [1.82, 2.24) is 15.2 Å². The third kappa shape index (κ3) is 5.91. The lowest BCUT2D eigenvalue weighted by Gasteiger charge is -2.34. The number of aromatic nitrogens is 1. The number of carbonyl (C=O) groups excluding carboxylic acids is 3. The molecule has 1 unspecified atom stereocenters. The fourth-order valence-electron chi connectivity index (χ4n) is 4.42. The number of hydrogen-bond acceptors (Lipinski definition) is 5. The molecule has 190 valence electrons. The van der Waals surface area contributed by atoms with Crippen LogP contribution in [0.1, 0.15) is 53.4 Å². The summed E-state index contributed by atoms with van der Waals surface area (Å²) in [6.07, 6.45) is 1.61. The molecule has 1 aliphatic rings. The minimum atomic E-state index is -0.728. The normalized spacial score (nSPS) is 15.5. The maximum absolute atomic E-state index is 14.6. The zero-order chi connectivity index (χ0) is 26.4. The van der Waals surface area contributed by atoms with E-state index >= 15 is 0 Å². The number of pyridine rings is 1. The molecule has 0 aliphatic carbocycles. The molecular formula is C29H28FN3O4. The molecule has 4 rings (SSSR count). The van der Waals surface area contributed by atoms with Crippen molar-refractivity contribution >= 4 is 17.8 Å². The molecule has 0 spiro atoms. The summed E-state index contributed by atoms with van der Waals surface area (Å²) in [6.45, 7) is 4.06. The summed E-state index contributed by atoms with van der Waals surface area (Å²) in [4.78, 5) is 44.3. The van der Waals surface area contributed by atoms with E-state index in [1.165, 1.54) is 11.0 Å². The van der Waals surface area contributed by atoms with Crippen LogP contribution in [0.5, 0.6) is 0 Å². The first-order valence-electron chi connectivity index (χ1n) is 12.1. The Morgan fingerprint density at radius 1 is 1.08 bits per heavy atom. The number of nitrogens with one attached hydrogen (secondary N) is 1. The number of carbonyl (C=O) groups is 3. The van der Waals surface area contributed by atoms with E-state index in [1.807, 2.05) is 18.2 Å². The zero-order valence-corrected chi connectivity index (χ0v) is 20.7. The van der Waals surface area contributed by atoms with Crippen molar-refractivity contribution in [1.29, 1.82) is 0 Å². The third-order valence-corrected chi connectivity index (χ3v) is 6.31. The minimum Gasteiger partial charge on any atom is -0.463 e. The van der Waals surface area contributed by atoms with Gasteiger partial charge in [-0.1, -0.05) is 36.4 Å². The molecule has 0 saturated heterocycles. The Kier molecular flexibility index (Phi) is 8.08. The van der Waals surface area contributed by atoms with Crippen molar-refractivity contribution in [2.24, 2.45) is 0 Å². The molecule has 1 aromatic heterocycles. The molecule has 3 aromatic rings. The van der Waals surface area contributed by atoms with Crippen LogP contribution in [0.15, 0.2) is 84.2 Å². The Balaban J connectivity index is 1.53. The number of allylic oxidation sites excluding steroid dienone is 1. The number of benzene rings is 2. The zero-order valence-electron chi connectivity index (χ0n) is 20.7. The smallest absolute Gasteiger partial charge is 0.336 e. The molecule has 2 aromatic carbocycles. The van der Waals surface area contributed by atoms with Crippen LogP contribution in [0.25, 0.3) is 0 Å². The van der Waals surface area contributed by atoms with Crippen LogP contribution in [-0.4, -0.2) is 34.3 Å². The van der Waals surface area contributed by atoms with E-state index in [-0.39, 0.29) is 37.0 Å². The Bertz CT molecular complexity index is 1320. The third-order valence-electron chi connectivity index (χ3n) is 6.31.